The first-order valence-corrected chi connectivity index (χ1v) is 12.1. The van der Waals surface area contributed by atoms with Crippen LogP contribution in [0.4, 0.5) is 4.39 Å². The van der Waals surface area contributed by atoms with E-state index in [0.717, 1.165) is 10.4 Å². The lowest BCUT2D eigenvalue weighted by Gasteiger charge is -2.31. The molecule has 33 heavy (non-hydrogen) atoms. The highest BCUT2D eigenvalue weighted by atomic mass is 35.5. The number of hydrogen-bond acceptors (Lipinski definition) is 3. The van der Waals surface area contributed by atoms with E-state index in [-0.39, 0.29) is 30.2 Å². The summed E-state index contributed by atoms with van der Waals surface area (Å²) < 4.78 is 13.4. The van der Waals surface area contributed by atoms with Gasteiger partial charge in [0.1, 0.15) is 12.4 Å². The quantitative estimate of drug-likeness (QED) is 0.355. The Bertz CT molecular complexity index is 1080. The Morgan fingerprint density at radius 2 is 1.67 bits per heavy atom. The molecular weight excluding hydrogens is 459 g/mol. The van der Waals surface area contributed by atoms with E-state index in [1.165, 1.54) is 17.0 Å². The molecule has 3 rings (SSSR count). The minimum atomic E-state index is -0.318. The molecular formula is C26H28ClFN2O2S. The summed E-state index contributed by atoms with van der Waals surface area (Å²) in [5, 5.41) is 0.550. The summed E-state index contributed by atoms with van der Waals surface area (Å²) in [5.74, 6) is -0.682. The second-order valence-electron chi connectivity index (χ2n) is 8.09. The molecule has 3 aromatic rings. The number of carbonyl (C=O) groups is 2. The van der Waals surface area contributed by atoms with Gasteiger partial charge < -0.3 is 9.80 Å². The highest BCUT2D eigenvalue weighted by Crippen LogP contribution is 2.20. The fourth-order valence-corrected chi connectivity index (χ4v) is 4.48. The molecule has 0 saturated carbocycles. The van der Waals surface area contributed by atoms with Gasteiger partial charge in [-0.1, -0.05) is 30.7 Å². The van der Waals surface area contributed by atoms with Crippen LogP contribution in [-0.4, -0.2) is 34.2 Å². The summed E-state index contributed by atoms with van der Waals surface area (Å²) in [5.41, 5.74) is 1.32. The van der Waals surface area contributed by atoms with E-state index in [9.17, 15) is 14.0 Å². The second kappa shape index (κ2) is 11.4. The summed E-state index contributed by atoms with van der Waals surface area (Å²) in [7, 11) is 0. The third-order valence-electron chi connectivity index (χ3n) is 5.56. The van der Waals surface area contributed by atoms with Gasteiger partial charge in [0.05, 0.1) is 6.54 Å². The zero-order chi connectivity index (χ0) is 24.0. The van der Waals surface area contributed by atoms with Crippen molar-refractivity contribution < 1.29 is 14.0 Å². The van der Waals surface area contributed by atoms with Crippen molar-refractivity contribution in [2.24, 2.45) is 0 Å². The molecule has 0 aliphatic carbocycles. The monoisotopic (exact) mass is 486 g/mol. The summed E-state index contributed by atoms with van der Waals surface area (Å²) in [6.45, 7) is 6.67. The predicted molar refractivity (Wildman–Crippen MR) is 132 cm³/mol. The predicted octanol–water partition coefficient (Wildman–Crippen LogP) is 6.32. The Balaban J connectivity index is 1.83. The molecule has 2 amide bonds. The zero-order valence-electron chi connectivity index (χ0n) is 19.1. The Morgan fingerprint density at radius 3 is 2.24 bits per heavy atom. The van der Waals surface area contributed by atoms with E-state index in [1.807, 2.05) is 32.9 Å². The maximum Gasteiger partial charge on any atom is 0.254 e. The van der Waals surface area contributed by atoms with E-state index >= 15 is 0 Å². The average molecular weight is 487 g/mol. The second-order valence-corrected chi connectivity index (χ2v) is 9.89. The highest BCUT2D eigenvalue weighted by Gasteiger charge is 2.26. The summed E-state index contributed by atoms with van der Waals surface area (Å²) in [6.07, 6.45) is 0.717. The van der Waals surface area contributed by atoms with Gasteiger partial charge in [0, 0.05) is 32.9 Å². The first-order valence-electron chi connectivity index (χ1n) is 10.9. The summed E-state index contributed by atoms with van der Waals surface area (Å²) in [6, 6.07) is 16.8. The van der Waals surface area contributed by atoms with Gasteiger partial charge in [-0.3, -0.25) is 9.59 Å². The van der Waals surface area contributed by atoms with Gasteiger partial charge in [-0.05, 0) is 74.4 Å². The molecule has 0 aliphatic rings. The number of aryl methyl sites for hydroxylation is 1. The van der Waals surface area contributed by atoms with Crippen LogP contribution in [0.3, 0.4) is 0 Å². The van der Waals surface area contributed by atoms with Crippen molar-refractivity contribution in [2.45, 2.75) is 46.3 Å². The van der Waals surface area contributed by atoms with Crippen LogP contribution in [0.2, 0.25) is 5.02 Å². The number of amides is 2. The lowest BCUT2D eigenvalue weighted by atomic mass is 10.1. The highest BCUT2D eigenvalue weighted by molar-refractivity contribution is 7.11. The standard InChI is InChI=1S/C26H28ClFN2O2S/c1-4-18(2)30(26(32)21-8-10-22(27)11-9-21)17-25(31)29(16-24-14-5-19(3)33-24)15-20-6-12-23(28)13-7-20/h5-14,18H,4,15-17H2,1-3H3. The van der Waals surface area contributed by atoms with Crippen LogP contribution in [0.1, 0.15) is 45.9 Å². The largest absolute Gasteiger partial charge is 0.332 e. The maximum absolute atomic E-state index is 13.5. The van der Waals surface area contributed by atoms with E-state index in [4.69, 9.17) is 11.6 Å². The van der Waals surface area contributed by atoms with Gasteiger partial charge in [0.2, 0.25) is 5.91 Å². The lowest BCUT2D eigenvalue weighted by molar-refractivity contribution is -0.133. The topological polar surface area (TPSA) is 40.6 Å². The van der Waals surface area contributed by atoms with Crippen molar-refractivity contribution in [3.8, 4) is 0 Å². The van der Waals surface area contributed by atoms with Gasteiger partial charge in [-0.25, -0.2) is 4.39 Å². The van der Waals surface area contributed by atoms with Crippen LogP contribution < -0.4 is 0 Å². The Morgan fingerprint density at radius 1 is 1.00 bits per heavy atom. The molecule has 0 N–H and O–H groups in total. The van der Waals surface area contributed by atoms with Crippen molar-refractivity contribution in [3.63, 3.8) is 0 Å². The fraction of sp³-hybridized carbons (Fsp3) is 0.308. The number of halogens is 2. The Labute approximate surface area is 203 Å². The molecule has 0 radical (unpaired) electrons. The number of rotatable bonds is 9. The SMILES string of the molecule is CCC(C)N(CC(=O)N(Cc1ccc(F)cc1)Cc1ccc(C)s1)C(=O)c1ccc(Cl)cc1. The molecule has 2 aromatic carbocycles. The van der Waals surface area contributed by atoms with Crippen molar-refractivity contribution in [1.82, 2.24) is 9.80 Å². The third kappa shape index (κ3) is 6.89. The minimum Gasteiger partial charge on any atom is -0.332 e. The third-order valence-corrected chi connectivity index (χ3v) is 6.80. The molecule has 4 nitrogen and oxygen atoms in total. The summed E-state index contributed by atoms with van der Waals surface area (Å²) >= 11 is 7.60. The van der Waals surface area contributed by atoms with Crippen LogP contribution in [0.15, 0.2) is 60.7 Å². The van der Waals surface area contributed by atoms with Gasteiger partial charge in [-0.15, -0.1) is 11.3 Å². The number of thiophene rings is 1. The lowest BCUT2D eigenvalue weighted by Crippen LogP contribution is -2.46. The number of nitrogens with zero attached hydrogens (tertiary/aromatic N) is 2. The molecule has 174 valence electrons. The average Bonchev–Trinajstić information content (AvgIpc) is 3.22. The van der Waals surface area contributed by atoms with Crippen LogP contribution in [0, 0.1) is 12.7 Å². The molecule has 1 unspecified atom stereocenters. The van der Waals surface area contributed by atoms with Crippen LogP contribution in [-0.2, 0) is 17.9 Å². The van der Waals surface area contributed by atoms with Crippen molar-refractivity contribution in [2.75, 3.05) is 6.54 Å². The van der Waals surface area contributed by atoms with Gasteiger partial charge >= 0.3 is 0 Å². The van der Waals surface area contributed by atoms with Gasteiger partial charge in [-0.2, -0.15) is 0 Å². The fourth-order valence-electron chi connectivity index (χ4n) is 3.45. The number of carbonyl (C=O) groups excluding carboxylic acids is 2. The van der Waals surface area contributed by atoms with E-state index in [0.29, 0.717) is 30.1 Å². The molecule has 0 spiro atoms. The first kappa shape index (κ1) is 24.9. The Kier molecular flexibility index (Phi) is 8.64. The van der Waals surface area contributed by atoms with Gasteiger partial charge in [0.25, 0.3) is 5.91 Å². The van der Waals surface area contributed by atoms with Crippen LogP contribution >= 0.6 is 22.9 Å². The van der Waals surface area contributed by atoms with Crippen LogP contribution in [0.5, 0.6) is 0 Å². The smallest absolute Gasteiger partial charge is 0.254 e. The van der Waals surface area contributed by atoms with E-state index in [2.05, 4.69) is 0 Å². The number of hydrogen-bond donors (Lipinski definition) is 0. The van der Waals surface area contributed by atoms with Crippen molar-refractivity contribution in [3.05, 3.63) is 92.4 Å². The van der Waals surface area contributed by atoms with Crippen molar-refractivity contribution in [1.29, 1.82) is 0 Å². The normalized spacial score (nSPS) is 11.8. The maximum atomic E-state index is 13.5. The molecule has 1 atom stereocenters. The molecule has 1 heterocycles. The first-order chi connectivity index (χ1) is 15.8. The van der Waals surface area contributed by atoms with Gasteiger partial charge in [0.15, 0.2) is 0 Å². The zero-order valence-corrected chi connectivity index (χ0v) is 20.6. The number of benzene rings is 2. The van der Waals surface area contributed by atoms with E-state index < -0.39 is 0 Å². The Hall–Kier alpha value is -2.70. The molecule has 0 aliphatic heterocycles. The van der Waals surface area contributed by atoms with E-state index in [1.54, 1.807) is 57.5 Å². The van der Waals surface area contributed by atoms with Crippen molar-refractivity contribution >= 4 is 34.8 Å². The molecule has 0 fully saturated rings. The molecule has 1 aromatic heterocycles. The summed E-state index contributed by atoms with van der Waals surface area (Å²) in [4.78, 5) is 32.3. The van der Waals surface area contributed by atoms with Crippen LogP contribution in [0.25, 0.3) is 0 Å². The molecule has 0 saturated heterocycles. The molecule has 0 bridgehead atoms. The minimum absolute atomic E-state index is 0.0397. The molecule has 7 heteroatoms.